The summed E-state index contributed by atoms with van der Waals surface area (Å²) in [7, 11) is -2.98. The zero-order valence-electron chi connectivity index (χ0n) is 14.1. The van der Waals surface area contributed by atoms with Gasteiger partial charge in [0.05, 0.1) is 22.3 Å². The van der Waals surface area contributed by atoms with Crippen molar-refractivity contribution in [3.05, 3.63) is 45.6 Å². The number of anilines is 1. The maximum Gasteiger partial charge on any atom is 0.339 e. The van der Waals surface area contributed by atoms with Gasteiger partial charge in [0.1, 0.15) is 26.8 Å². The minimum absolute atomic E-state index is 0.0218. The number of carbonyl (C=O) groups is 1. The van der Waals surface area contributed by atoms with Crippen LogP contribution in [0.25, 0.3) is 22.1 Å². The number of hydrogen-bond acceptors (Lipinski definition) is 7. The number of pyridine rings is 1. The van der Waals surface area contributed by atoms with Gasteiger partial charge in [0.25, 0.3) is 0 Å². The SMILES string of the molecule is Nc1nc2oc3ccc(C4CCS(=O)(=O)CC4)cc3c(=O)c2cc1C(=O)O. The summed E-state index contributed by atoms with van der Waals surface area (Å²) in [5.74, 6) is -1.19. The molecular weight excluding hydrogens is 372 g/mol. The van der Waals surface area contributed by atoms with Crippen LogP contribution in [0.15, 0.2) is 33.5 Å². The molecule has 140 valence electrons. The lowest BCUT2D eigenvalue weighted by Gasteiger charge is -2.22. The van der Waals surface area contributed by atoms with Gasteiger partial charge in [-0.1, -0.05) is 6.07 Å². The van der Waals surface area contributed by atoms with Crippen LogP contribution in [0.3, 0.4) is 0 Å². The summed E-state index contributed by atoms with van der Waals surface area (Å²) in [5, 5.41) is 9.53. The Kier molecular flexibility index (Phi) is 3.92. The summed E-state index contributed by atoms with van der Waals surface area (Å²) in [4.78, 5) is 28.0. The minimum Gasteiger partial charge on any atom is -0.478 e. The number of benzene rings is 1. The molecule has 1 aliphatic heterocycles. The van der Waals surface area contributed by atoms with Crippen molar-refractivity contribution in [3.63, 3.8) is 0 Å². The third kappa shape index (κ3) is 3.03. The van der Waals surface area contributed by atoms with Crippen LogP contribution < -0.4 is 11.2 Å². The normalized spacial score (nSPS) is 17.3. The number of aromatic carboxylic acids is 1. The van der Waals surface area contributed by atoms with Crippen molar-refractivity contribution in [2.45, 2.75) is 18.8 Å². The third-order valence-electron chi connectivity index (χ3n) is 4.97. The van der Waals surface area contributed by atoms with Crippen LogP contribution in [0.4, 0.5) is 5.82 Å². The second-order valence-corrected chi connectivity index (χ2v) is 9.00. The molecule has 0 spiro atoms. The number of carboxylic acid groups (broad SMARTS) is 1. The van der Waals surface area contributed by atoms with E-state index >= 15 is 0 Å². The fourth-order valence-electron chi connectivity index (χ4n) is 3.46. The van der Waals surface area contributed by atoms with Crippen LogP contribution in [0.2, 0.25) is 0 Å². The van der Waals surface area contributed by atoms with E-state index in [9.17, 15) is 23.1 Å². The zero-order valence-corrected chi connectivity index (χ0v) is 15.0. The Morgan fingerprint density at radius 1 is 1.19 bits per heavy atom. The maximum absolute atomic E-state index is 12.9. The maximum atomic E-state index is 12.9. The quantitative estimate of drug-likeness (QED) is 0.634. The van der Waals surface area contributed by atoms with Gasteiger partial charge in [-0.3, -0.25) is 4.79 Å². The standard InChI is InChI=1S/C18H16N2O6S/c19-16-13(18(22)23)8-12-15(21)11-7-10(1-2-14(11)26-17(12)20-16)9-3-5-27(24,25)6-4-9/h1-2,7-9H,3-6H2,(H2,19,20)(H,22,23). The minimum atomic E-state index is -2.98. The molecule has 8 nitrogen and oxygen atoms in total. The van der Waals surface area contributed by atoms with E-state index in [2.05, 4.69) is 4.98 Å². The summed E-state index contributed by atoms with van der Waals surface area (Å²) in [5.41, 5.74) is 6.12. The van der Waals surface area contributed by atoms with Crippen molar-refractivity contribution in [1.82, 2.24) is 4.98 Å². The van der Waals surface area contributed by atoms with E-state index < -0.39 is 21.2 Å². The number of aromatic nitrogens is 1. The molecule has 0 amide bonds. The van der Waals surface area contributed by atoms with E-state index in [1.54, 1.807) is 12.1 Å². The summed E-state index contributed by atoms with van der Waals surface area (Å²) in [6, 6.07) is 6.33. The first-order valence-electron chi connectivity index (χ1n) is 8.36. The number of fused-ring (bicyclic) bond motifs is 2. The highest BCUT2D eigenvalue weighted by Gasteiger charge is 2.25. The van der Waals surface area contributed by atoms with E-state index in [1.165, 1.54) is 6.07 Å². The largest absolute Gasteiger partial charge is 0.478 e. The van der Waals surface area contributed by atoms with Crippen LogP contribution in [0.5, 0.6) is 0 Å². The van der Waals surface area contributed by atoms with Gasteiger partial charge in [0, 0.05) is 0 Å². The Morgan fingerprint density at radius 3 is 2.56 bits per heavy atom. The number of rotatable bonds is 2. The van der Waals surface area contributed by atoms with Crippen molar-refractivity contribution in [2.75, 3.05) is 17.2 Å². The molecule has 0 saturated carbocycles. The molecule has 1 fully saturated rings. The highest BCUT2D eigenvalue weighted by Crippen LogP contribution is 2.31. The van der Waals surface area contributed by atoms with Gasteiger partial charge in [-0.2, -0.15) is 4.98 Å². The van der Waals surface area contributed by atoms with Gasteiger partial charge in [-0.25, -0.2) is 13.2 Å². The zero-order chi connectivity index (χ0) is 19.3. The average molecular weight is 388 g/mol. The fraction of sp³-hybridized carbons (Fsp3) is 0.278. The number of nitrogens with two attached hydrogens (primary N) is 1. The lowest BCUT2D eigenvalue weighted by molar-refractivity contribution is 0.0698. The Morgan fingerprint density at radius 2 is 1.89 bits per heavy atom. The molecule has 3 aromatic rings. The summed E-state index contributed by atoms with van der Waals surface area (Å²) in [6.45, 7) is 0. The van der Waals surface area contributed by atoms with Crippen LogP contribution in [0.1, 0.15) is 34.7 Å². The smallest absolute Gasteiger partial charge is 0.339 e. The van der Waals surface area contributed by atoms with Crippen LogP contribution in [-0.2, 0) is 9.84 Å². The fourth-order valence-corrected chi connectivity index (χ4v) is 4.95. The third-order valence-corrected chi connectivity index (χ3v) is 6.69. The Hall–Kier alpha value is -2.94. The molecule has 0 aliphatic carbocycles. The van der Waals surface area contributed by atoms with Crippen LogP contribution >= 0.6 is 0 Å². The first-order valence-corrected chi connectivity index (χ1v) is 10.2. The van der Waals surface area contributed by atoms with Gasteiger partial charge in [0.2, 0.25) is 11.1 Å². The predicted molar refractivity (Wildman–Crippen MR) is 99.8 cm³/mol. The van der Waals surface area contributed by atoms with Crippen molar-refractivity contribution in [1.29, 1.82) is 0 Å². The number of nitrogens with zero attached hydrogens (tertiary/aromatic N) is 1. The molecule has 3 N–H and O–H groups in total. The molecule has 1 saturated heterocycles. The molecule has 1 aliphatic rings. The van der Waals surface area contributed by atoms with Crippen LogP contribution in [-0.4, -0.2) is 36.0 Å². The van der Waals surface area contributed by atoms with Gasteiger partial charge in [0.15, 0.2) is 0 Å². The topological polar surface area (TPSA) is 141 Å². The molecule has 0 unspecified atom stereocenters. The number of nitrogen functional groups attached to an aromatic ring is 1. The predicted octanol–water partition coefficient (Wildman–Crippen LogP) is 1.91. The first kappa shape index (κ1) is 17.5. The number of carboxylic acids is 1. The molecular formula is C18H16N2O6S. The van der Waals surface area contributed by atoms with E-state index in [-0.39, 0.29) is 39.9 Å². The second kappa shape index (κ2) is 6.05. The highest BCUT2D eigenvalue weighted by atomic mass is 32.2. The summed E-state index contributed by atoms with van der Waals surface area (Å²) in [6.07, 6.45) is 1.02. The molecule has 0 bridgehead atoms. The monoisotopic (exact) mass is 388 g/mol. The van der Waals surface area contributed by atoms with Crippen molar-refractivity contribution in [2.24, 2.45) is 0 Å². The average Bonchev–Trinajstić information content (AvgIpc) is 2.61. The number of hydrogen-bond donors (Lipinski definition) is 2. The summed E-state index contributed by atoms with van der Waals surface area (Å²) >= 11 is 0. The lowest BCUT2D eigenvalue weighted by Crippen LogP contribution is -2.22. The molecule has 1 aromatic carbocycles. The van der Waals surface area contributed by atoms with Crippen molar-refractivity contribution >= 4 is 43.7 Å². The van der Waals surface area contributed by atoms with Crippen molar-refractivity contribution in [3.8, 4) is 0 Å². The lowest BCUT2D eigenvalue weighted by atomic mass is 9.92. The Balaban J connectivity index is 1.87. The van der Waals surface area contributed by atoms with Gasteiger partial charge >= 0.3 is 5.97 Å². The molecule has 0 radical (unpaired) electrons. The molecule has 27 heavy (non-hydrogen) atoms. The van der Waals surface area contributed by atoms with E-state index in [0.717, 1.165) is 5.56 Å². The molecule has 3 heterocycles. The van der Waals surface area contributed by atoms with E-state index in [4.69, 9.17) is 10.2 Å². The first-order chi connectivity index (χ1) is 12.7. The van der Waals surface area contributed by atoms with Gasteiger partial charge in [-0.15, -0.1) is 0 Å². The Bertz CT molecular complexity index is 1250. The van der Waals surface area contributed by atoms with Gasteiger partial charge < -0.3 is 15.3 Å². The highest BCUT2D eigenvalue weighted by molar-refractivity contribution is 7.91. The molecule has 2 aromatic heterocycles. The molecule has 9 heteroatoms. The molecule has 0 atom stereocenters. The van der Waals surface area contributed by atoms with Crippen molar-refractivity contribution < 1.29 is 22.7 Å². The van der Waals surface area contributed by atoms with Gasteiger partial charge in [-0.05, 0) is 42.5 Å². The Labute approximate surface area is 153 Å². The molecule has 4 rings (SSSR count). The second-order valence-electron chi connectivity index (χ2n) is 6.69. The van der Waals surface area contributed by atoms with Crippen LogP contribution in [0, 0.1) is 0 Å². The van der Waals surface area contributed by atoms with E-state index in [0.29, 0.717) is 23.8 Å². The van der Waals surface area contributed by atoms with E-state index in [1.807, 2.05) is 6.07 Å². The number of sulfone groups is 1. The summed E-state index contributed by atoms with van der Waals surface area (Å²) < 4.78 is 28.9.